The molecule has 0 aliphatic heterocycles. The number of benzene rings is 2. The number of anilines is 1. The van der Waals surface area contributed by atoms with Gasteiger partial charge >= 0.3 is 0 Å². The average molecular weight is 330 g/mol. The van der Waals surface area contributed by atoms with Gasteiger partial charge in [-0.05, 0) is 42.8 Å². The molecule has 0 atom stereocenters. The molecule has 0 aromatic heterocycles. The third-order valence-corrected chi connectivity index (χ3v) is 4.59. The minimum Gasteiger partial charge on any atom is -0.348 e. The van der Waals surface area contributed by atoms with E-state index in [4.69, 9.17) is 0 Å². The number of aryl methyl sites for hydroxylation is 1. The third-order valence-electron chi connectivity index (χ3n) is 3.19. The summed E-state index contributed by atoms with van der Waals surface area (Å²) in [4.78, 5) is 11.3. The third kappa shape index (κ3) is 4.69. The van der Waals surface area contributed by atoms with Crippen molar-refractivity contribution in [3.05, 3.63) is 72.3 Å². The molecule has 0 aliphatic carbocycles. The number of hydrogen-bond acceptors (Lipinski definition) is 3. The van der Waals surface area contributed by atoms with Crippen LogP contribution in [0, 0.1) is 6.92 Å². The van der Waals surface area contributed by atoms with E-state index in [1.807, 2.05) is 6.92 Å². The minimum atomic E-state index is -3.61. The molecule has 0 saturated heterocycles. The molecule has 2 aromatic carbocycles. The van der Waals surface area contributed by atoms with Gasteiger partial charge < -0.3 is 5.32 Å². The van der Waals surface area contributed by atoms with Gasteiger partial charge in [0.15, 0.2) is 0 Å². The highest BCUT2D eigenvalue weighted by Gasteiger charge is 2.13. The first kappa shape index (κ1) is 16.8. The molecule has 0 radical (unpaired) electrons. The molecule has 0 heterocycles. The molecule has 0 unspecified atom stereocenters. The van der Waals surface area contributed by atoms with Crippen molar-refractivity contribution >= 4 is 21.6 Å². The lowest BCUT2D eigenvalue weighted by molar-refractivity contribution is -0.116. The molecule has 0 aliphatic rings. The first-order valence-electron chi connectivity index (χ1n) is 6.99. The number of hydrogen-bond donors (Lipinski definition) is 2. The topological polar surface area (TPSA) is 75.3 Å². The van der Waals surface area contributed by atoms with Crippen LogP contribution in [0.2, 0.25) is 0 Å². The Bertz CT molecular complexity index is 795. The van der Waals surface area contributed by atoms with E-state index in [1.165, 1.54) is 6.08 Å². The number of amides is 1. The Morgan fingerprint density at radius 2 is 1.70 bits per heavy atom. The average Bonchev–Trinajstić information content (AvgIpc) is 2.54. The van der Waals surface area contributed by atoms with E-state index in [0.717, 1.165) is 11.1 Å². The molecule has 6 heteroatoms. The van der Waals surface area contributed by atoms with E-state index >= 15 is 0 Å². The Morgan fingerprint density at radius 3 is 2.26 bits per heavy atom. The maximum atomic E-state index is 12.3. The second-order valence-corrected chi connectivity index (χ2v) is 6.72. The van der Waals surface area contributed by atoms with Crippen molar-refractivity contribution in [3.8, 4) is 0 Å². The molecule has 1 amide bonds. The summed E-state index contributed by atoms with van der Waals surface area (Å²) in [6.45, 7) is 5.63. The van der Waals surface area contributed by atoms with Crippen LogP contribution >= 0.6 is 0 Å². The van der Waals surface area contributed by atoms with Gasteiger partial charge in [0.25, 0.3) is 10.0 Å². The Morgan fingerprint density at radius 1 is 1.09 bits per heavy atom. The molecule has 0 spiro atoms. The van der Waals surface area contributed by atoms with E-state index in [0.29, 0.717) is 12.2 Å². The van der Waals surface area contributed by atoms with Gasteiger partial charge in [-0.25, -0.2) is 8.42 Å². The van der Waals surface area contributed by atoms with Gasteiger partial charge in [-0.15, -0.1) is 0 Å². The summed E-state index contributed by atoms with van der Waals surface area (Å²) in [7, 11) is -3.61. The van der Waals surface area contributed by atoms with E-state index in [-0.39, 0.29) is 10.8 Å². The summed E-state index contributed by atoms with van der Waals surface area (Å²) >= 11 is 0. The number of nitrogens with one attached hydrogen (secondary N) is 2. The van der Waals surface area contributed by atoms with Crippen LogP contribution in [0.15, 0.2) is 66.1 Å². The van der Waals surface area contributed by atoms with Crippen LogP contribution in [-0.2, 0) is 21.4 Å². The van der Waals surface area contributed by atoms with E-state index < -0.39 is 10.0 Å². The van der Waals surface area contributed by atoms with Gasteiger partial charge in [0.2, 0.25) is 5.91 Å². The van der Waals surface area contributed by atoms with E-state index in [1.54, 1.807) is 48.5 Å². The summed E-state index contributed by atoms with van der Waals surface area (Å²) < 4.78 is 27.1. The zero-order valence-electron chi connectivity index (χ0n) is 12.7. The molecule has 2 aromatic rings. The predicted molar refractivity (Wildman–Crippen MR) is 90.5 cm³/mol. The summed E-state index contributed by atoms with van der Waals surface area (Å²) in [5.41, 5.74) is 2.32. The lowest BCUT2D eigenvalue weighted by atomic mass is 10.2. The Balaban J connectivity index is 2.06. The number of rotatable bonds is 6. The first-order chi connectivity index (χ1) is 10.9. The zero-order valence-corrected chi connectivity index (χ0v) is 13.6. The van der Waals surface area contributed by atoms with Crippen molar-refractivity contribution in [2.24, 2.45) is 0 Å². The summed E-state index contributed by atoms with van der Waals surface area (Å²) in [6.07, 6.45) is 1.20. The van der Waals surface area contributed by atoms with Crippen LogP contribution < -0.4 is 10.0 Å². The highest BCUT2D eigenvalue weighted by atomic mass is 32.2. The van der Waals surface area contributed by atoms with Crippen molar-refractivity contribution in [1.82, 2.24) is 5.32 Å². The quantitative estimate of drug-likeness (QED) is 0.800. The fourth-order valence-corrected chi connectivity index (χ4v) is 2.94. The second kappa shape index (κ2) is 7.11. The summed E-state index contributed by atoms with van der Waals surface area (Å²) in [6, 6.07) is 13.4. The lowest BCUT2D eigenvalue weighted by Gasteiger charge is -2.09. The van der Waals surface area contributed by atoms with Crippen molar-refractivity contribution in [3.63, 3.8) is 0 Å². The van der Waals surface area contributed by atoms with Gasteiger partial charge in [-0.3, -0.25) is 9.52 Å². The van der Waals surface area contributed by atoms with E-state index in [2.05, 4.69) is 16.6 Å². The number of carbonyl (C=O) groups excluding carboxylic acids is 1. The highest BCUT2D eigenvalue weighted by Crippen LogP contribution is 2.17. The molecule has 2 N–H and O–H groups in total. The highest BCUT2D eigenvalue weighted by molar-refractivity contribution is 7.92. The maximum Gasteiger partial charge on any atom is 0.261 e. The normalized spacial score (nSPS) is 10.8. The molecular weight excluding hydrogens is 312 g/mol. The Hall–Kier alpha value is -2.60. The fourth-order valence-electron chi connectivity index (χ4n) is 1.88. The van der Waals surface area contributed by atoms with E-state index in [9.17, 15) is 13.2 Å². The molecule has 0 bridgehead atoms. The van der Waals surface area contributed by atoms with Gasteiger partial charge in [0.05, 0.1) is 4.90 Å². The summed E-state index contributed by atoms with van der Waals surface area (Å²) in [5, 5.41) is 2.65. The van der Waals surface area contributed by atoms with Crippen molar-refractivity contribution in [2.45, 2.75) is 18.4 Å². The molecule has 23 heavy (non-hydrogen) atoms. The van der Waals surface area contributed by atoms with Crippen LogP contribution in [0.1, 0.15) is 11.1 Å². The van der Waals surface area contributed by atoms with Crippen LogP contribution in [0.25, 0.3) is 0 Å². The van der Waals surface area contributed by atoms with Gasteiger partial charge in [-0.2, -0.15) is 0 Å². The monoisotopic (exact) mass is 330 g/mol. The van der Waals surface area contributed by atoms with Crippen molar-refractivity contribution in [2.75, 3.05) is 4.72 Å². The smallest absolute Gasteiger partial charge is 0.261 e. The maximum absolute atomic E-state index is 12.3. The van der Waals surface area contributed by atoms with Crippen LogP contribution in [0.3, 0.4) is 0 Å². The summed E-state index contributed by atoms with van der Waals surface area (Å²) in [5.74, 6) is -0.255. The van der Waals surface area contributed by atoms with Crippen molar-refractivity contribution in [1.29, 1.82) is 0 Å². The van der Waals surface area contributed by atoms with Gasteiger partial charge in [-0.1, -0.05) is 36.4 Å². The van der Waals surface area contributed by atoms with Crippen LogP contribution in [-0.4, -0.2) is 14.3 Å². The molecule has 0 saturated carbocycles. The Labute approximate surface area is 136 Å². The van der Waals surface area contributed by atoms with Gasteiger partial charge in [0.1, 0.15) is 0 Å². The molecule has 120 valence electrons. The SMILES string of the molecule is C=CC(=O)NCc1ccc(NS(=O)(=O)c2ccc(C)cc2)cc1. The Kier molecular flexibility index (Phi) is 5.18. The van der Waals surface area contributed by atoms with Crippen LogP contribution in [0.5, 0.6) is 0 Å². The van der Waals surface area contributed by atoms with Gasteiger partial charge in [0, 0.05) is 12.2 Å². The lowest BCUT2D eigenvalue weighted by Crippen LogP contribution is -2.19. The number of carbonyl (C=O) groups is 1. The largest absolute Gasteiger partial charge is 0.348 e. The fraction of sp³-hybridized carbons (Fsp3) is 0.118. The number of sulfonamides is 1. The predicted octanol–water partition coefficient (Wildman–Crippen LogP) is 2.60. The molecule has 0 fully saturated rings. The van der Waals surface area contributed by atoms with Crippen molar-refractivity contribution < 1.29 is 13.2 Å². The molecule has 5 nitrogen and oxygen atoms in total. The van der Waals surface area contributed by atoms with Crippen LogP contribution in [0.4, 0.5) is 5.69 Å². The first-order valence-corrected chi connectivity index (χ1v) is 8.48. The second-order valence-electron chi connectivity index (χ2n) is 5.04. The standard InChI is InChI=1S/C17H18N2O3S/c1-3-17(20)18-12-14-6-8-15(9-7-14)19-23(21,22)16-10-4-13(2)5-11-16/h3-11,19H,1,12H2,2H3,(H,18,20). The molecule has 2 rings (SSSR count). The molecular formula is C17H18N2O3S. The minimum absolute atomic E-state index is 0.213. The zero-order chi connectivity index (χ0) is 16.9.